The molecule has 1 aliphatic carbocycles. The van der Waals surface area contributed by atoms with E-state index in [-0.39, 0.29) is 0 Å². The van der Waals surface area contributed by atoms with Gasteiger partial charge in [0.2, 0.25) is 0 Å². The fourth-order valence-corrected chi connectivity index (χ4v) is 3.25. The van der Waals surface area contributed by atoms with Crippen LogP contribution < -0.4 is 0 Å². The summed E-state index contributed by atoms with van der Waals surface area (Å²) in [5.41, 5.74) is 0.365. The molecule has 0 aromatic heterocycles. The molecule has 1 heteroatoms. The SMILES string of the molecule is CCCCCC1(N2CCCCC2)C=CC=CC1. The Hall–Kier alpha value is -0.560. The lowest BCUT2D eigenvalue weighted by Crippen LogP contribution is -2.49. The van der Waals surface area contributed by atoms with Gasteiger partial charge in [-0.15, -0.1) is 0 Å². The van der Waals surface area contributed by atoms with E-state index < -0.39 is 0 Å². The van der Waals surface area contributed by atoms with E-state index >= 15 is 0 Å². The summed E-state index contributed by atoms with van der Waals surface area (Å²) in [6.07, 6.45) is 20.2. The van der Waals surface area contributed by atoms with Crippen LogP contribution in [0, 0.1) is 0 Å². The number of nitrogens with zero attached hydrogens (tertiary/aromatic N) is 1. The van der Waals surface area contributed by atoms with Gasteiger partial charge >= 0.3 is 0 Å². The highest BCUT2D eigenvalue weighted by molar-refractivity contribution is 5.21. The lowest BCUT2D eigenvalue weighted by Gasteiger charge is -2.45. The first-order valence-electron chi connectivity index (χ1n) is 7.47. The number of hydrogen-bond acceptors (Lipinski definition) is 1. The number of hydrogen-bond donors (Lipinski definition) is 0. The van der Waals surface area contributed by atoms with Crippen molar-refractivity contribution in [2.75, 3.05) is 13.1 Å². The Labute approximate surface area is 107 Å². The van der Waals surface area contributed by atoms with Gasteiger partial charge in [-0.25, -0.2) is 0 Å². The number of likely N-dealkylation sites (tertiary alicyclic amines) is 1. The van der Waals surface area contributed by atoms with Crippen LogP contribution in [0.15, 0.2) is 24.3 Å². The fraction of sp³-hybridized carbons (Fsp3) is 0.750. The molecule has 0 aromatic carbocycles. The van der Waals surface area contributed by atoms with Crippen molar-refractivity contribution in [3.63, 3.8) is 0 Å². The molecule has 1 unspecified atom stereocenters. The third kappa shape index (κ3) is 3.22. The second kappa shape index (κ2) is 6.39. The maximum atomic E-state index is 2.76. The molecule has 2 aliphatic rings. The summed E-state index contributed by atoms with van der Waals surface area (Å²) in [5.74, 6) is 0. The standard InChI is InChI=1S/C16H27N/c1-2-3-6-11-16(12-7-4-8-13-16)17-14-9-5-10-15-17/h4,7-8,12H,2-3,5-6,9-11,13-15H2,1H3. The molecular weight excluding hydrogens is 206 g/mol. The monoisotopic (exact) mass is 233 g/mol. The Bertz CT molecular complexity index is 273. The van der Waals surface area contributed by atoms with Gasteiger partial charge in [0, 0.05) is 5.54 Å². The van der Waals surface area contributed by atoms with E-state index in [0.29, 0.717) is 5.54 Å². The van der Waals surface area contributed by atoms with Gasteiger partial charge in [-0.1, -0.05) is 56.9 Å². The summed E-state index contributed by atoms with van der Waals surface area (Å²) < 4.78 is 0. The number of allylic oxidation sites excluding steroid dienone is 2. The molecule has 0 radical (unpaired) electrons. The van der Waals surface area contributed by atoms with E-state index in [4.69, 9.17) is 0 Å². The lowest BCUT2D eigenvalue weighted by atomic mass is 9.83. The van der Waals surface area contributed by atoms with Crippen molar-refractivity contribution in [3.05, 3.63) is 24.3 Å². The minimum absolute atomic E-state index is 0.365. The normalized spacial score (nSPS) is 29.7. The van der Waals surface area contributed by atoms with Gasteiger partial charge in [0.1, 0.15) is 0 Å². The van der Waals surface area contributed by atoms with E-state index in [1.165, 1.54) is 64.5 Å². The van der Waals surface area contributed by atoms with Gasteiger partial charge in [-0.2, -0.15) is 0 Å². The first kappa shape index (κ1) is 12.9. The van der Waals surface area contributed by atoms with Crippen LogP contribution in [0.2, 0.25) is 0 Å². The molecule has 2 rings (SSSR count). The molecule has 17 heavy (non-hydrogen) atoms. The third-order valence-electron chi connectivity index (χ3n) is 4.32. The summed E-state index contributed by atoms with van der Waals surface area (Å²) in [5, 5.41) is 0. The van der Waals surface area contributed by atoms with E-state index in [9.17, 15) is 0 Å². The summed E-state index contributed by atoms with van der Waals surface area (Å²) in [6.45, 7) is 4.92. The summed E-state index contributed by atoms with van der Waals surface area (Å²) in [4.78, 5) is 2.76. The van der Waals surface area contributed by atoms with Gasteiger partial charge in [-0.05, 0) is 38.8 Å². The highest BCUT2D eigenvalue weighted by Crippen LogP contribution is 2.33. The van der Waals surface area contributed by atoms with Gasteiger partial charge in [0.05, 0.1) is 0 Å². The molecule has 1 nitrogen and oxygen atoms in total. The van der Waals surface area contributed by atoms with Gasteiger partial charge < -0.3 is 0 Å². The second-order valence-electron chi connectivity index (χ2n) is 5.60. The van der Waals surface area contributed by atoms with E-state index in [1.54, 1.807) is 0 Å². The van der Waals surface area contributed by atoms with Crippen LogP contribution in [-0.2, 0) is 0 Å². The predicted molar refractivity (Wildman–Crippen MR) is 75.2 cm³/mol. The molecule has 0 amide bonds. The third-order valence-corrected chi connectivity index (χ3v) is 4.32. The predicted octanol–water partition coefficient (Wildman–Crippen LogP) is 4.31. The van der Waals surface area contributed by atoms with Crippen molar-refractivity contribution >= 4 is 0 Å². The molecule has 0 N–H and O–H groups in total. The Morgan fingerprint density at radius 1 is 1.06 bits per heavy atom. The first-order chi connectivity index (χ1) is 8.37. The fourth-order valence-electron chi connectivity index (χ4n) is 3.25. The topological polar surface area (TPSA) is 3.24 Å². The molecule has 0 aromatic rings. The Balaban J connectivity index is 2.00. The molecular formula is C16H27N. The van der Waals surface area contributed by atoms with E-state index in [1.807, 2.05) is 0 Å². The van der Waals surface area contributed by atoms with Crippen LogP contribution >= 0.6 is 0 Å². The van der Waals surface area contributed by atoms with Crippen molar-refractivity contribution in [2.24, 2.45) is 0 Å². The Morgan fingerprint density at radius 3 is 2.53 bits per heavy atom. The maximum absolute atomic E-state index is 2.76. The van der Waals surface area contributed by atoms with Crippen LogP contribution in [0.1, 0.15) is 58.3 Å². The van der Waals surface area contributed by atoms with Crippen LogP contribution in [0.4, 0.5) is 0 Å². The largest absolute Gasteiger partial charge is 0.294 e. The Morgan fingerprint density at radius 2 is 1.88 bits per heavy atom. The van der Waals surface area contributed by atoms with Gasteiger partial charge in [-0.3, -0.25) is 4.90 Å². The van der Waals surface area contributed by atoms with E-state index in [2.05, 4.69) is 36.1 Å². The number of piperidine rings is 1. The van der Waals surface area contributed by atoms with Crippen molar-refractivity contribution in [2.45, 2.75) is 63.8 Å². The molecule has 1 heterocycles. The molecule has 0 spiro atoms. The van der Waals surface area contributed by atoms with E-state index in [0.717, 1.165) is 0 Å². The summed E-state index contributed by atoms with van der Waals surface area (Å²) in [6, 6.07) is 0. The van der Waals surface area contributed by atoms with Crippen LogP contribution in [0.5, 0.6) is 0 Å². The zero-order chi connectivity index (χ0) is 12.0. The molecule has 96 valence electrons. The van der Waals surface area contributed by atoms with Crippen molar-refractivity contribution in [1.82, 2.24) is 4.90 Å². The number of rotatable bonds is 5. The zero-order valence-corrected chi connectivity index (χ0v) is 11.3. The minimum Gasteiger partial charge on any atom is -0.294 e. The average Bonchev–Trinajstić information content (AvgIpc) is 2.41. The van der Waals surface area contributed by atoms with Crippen LogP contribution in [-0.4, -0.2) is 23.5 Å². The number of unbranched alkanes of at least 4 members (excludes halogenated alkanes) is 2. The highest BCUT2D eigenvalue weighted by atomic mass is 15.2. The minimum atomic E-state index is 0.365. The summed E-state index contributed by atoms with van der Waals surface area (Å²) in [7, 11) is 0. The Kier molecular flexibility index (Phi) is 4.85. The van der Waals surface area contributed by atoms with Crippen molar-refractivity contribution in [3.8, 4) is 0 Å². The average molecular weight is 233 g/mol. The molecule has 1 saturated heterocycles. The van der Waals surface area contributed by atoms with Crippen LogP contribution in [0.25, 0.3) is 0 Å². The molecule has 0 saturated carbocycles. The lowest BCUT2D eigenvalue weighted by molar-refractivity contribution is 0.0949. The zero-order valence-electron chi connectivity index (χ0n) is 11.3. The van der Waals surface area contributed by atoms with Gasteiger partial charge in [0.25, 0.3) is 0 Å². The summed E-state index contributed by atoms with van der Waals surface area (Å²) >= 11 is 0. The molecule has 1 aliphatic heterocycles. The van der Waals surface area contributed by atoms with Gasteiger partial charge in [0.15, 0.2) is 0 Å². The quantitative estimate of drug-likeness (QED) is 0.640. The highest BCUT2D eigenvalue weighted by Gasteiger charge is 2.33. The first-order valence-corrected chi connectivity index (χ1v) is 7.47. The second-order valence-corrected chi connectivity index (χ2v) is 5.60. The maximum Gasteiger partial charge on any atom is 0.0428 e. The smallest absolute Gasteiger partial charge is 0.0428 e. The molecule has 0 bridgehead atoms. The van der Waals surface area contributed by atoms with Crippen molar-refractivity contribution in [1.29, 1.82) is 0 Å². The van der Waals surface area contributed by atoms with Crippen molar-refractivity contribution < 1.29 is 0 Å². The molecule has 1 fully saturated rings. The van der Waals surface area contributed by atoms with Crippen LogP contribution in [0.3, 0.4) is 0 Å². The molecule has 1 atom stereocenters.